The van der Waals surface area contributed by atoms with Crippen molar-refractivity contribution < 1.29 is 14.3 Å². The molecule has 1 amide bonds. The van der Waals surface area contributed by atoms with Crippen LogP contribution < -0.4 is 14.8 Å². The lowest BCUT2D eigenvalue weighted by Gasteiger charge is -2.14. The second-order valence-corrected chi connectivity index (χ2v) is 8.31. The molecule has 8 heteroatoms. The van der Waals surface area contributed by atoms with Crippen LogP contribution in [0.15, 0.2) is 70.7 Å². The summed E-state index contributed by atoms with van der Waals surface area (Å²) in [5.74, 6) is 0.423. The number of amides is 1. The zero-order valence-corrected chi connectivity index (χ0v) is 20.0. The monoisotopic (exact) mass is 530 g/mol. The Kier molecular flexibility index (Phi) is 8.18. The van der Waals surface area contributed by atoms with Crippen LogP contribution in [0.25, 0.3) is 6.08 Å². The first-order chi connectivity index (χ1) is 15.4. The number of halogens is 3. The molecule has 0 bridgehead atoms. The topological polar surface area (TPSA) is 71.3 Å². The molecular weight excluding hydrogens is 515 g/mol. The van der Waals surface area contributed by atoms with E-state index >= 15 is 0 Å². The highest BCUT2D eigenvalue weighted by molar-refractivity contribution is 9.10. The number of anilines is 1. The van der Waals surface area contributed by atoms with Crippen LogP contribution in [0.4, 0.5) is 5.69 Å². The van der Waals surface area contributed by atoms with E-state index in [1.165, 1.54) is 13.2 Å². The number of carbonyl (C=O) groups excluding carboxylic acids is 1. The van der Waals surface area contributed by atoms with Crippen LogP contribution in [0.2, 0.25) is 10.0 Å². The van der Waals surface area contributed by atoms with E-state index in [0.29, 0.717) is 43.9 Å². The molecule has 0 heterocycles. The second-order valence-electron chi connectivity index (χ2n) is 6.58. The van der Waals surface area contributed by atoms with E-state index in [4.69, 9.17) is 32.7 Å². The average Bonchev–Trinajstić information content (AvgIpc) is 2.79. The van der Waals surface area contributed by atoms with Gasteiger partial charge in [-0.05, 0) is 81.7 Å². The highest BCUT2D eigenvalue weighted by Crippen LogP contribution is 2.38. The fourth-order valence-corrected chi connectivity index (χ4v) is 3.57. The molecule has 0 fully saturated rings. The molecule has 3 rings (SSSR count). The van der Waals surface area contributed by atoms with Gasteiger partial charge >= 0.3 is 0 Å². The van der Waals surface area contributed by atoms with Gasteiger partial charge in [0.2, 0.25) is 0 Å². The first kappa shape index (κ1) is 23.7. The molecule has 0 saturated carbocycles. The van der Waals surface area contributed by atoms with Crippen molar-refractivity contribution in [3.63, 3.8) is 0 Å². The fraction of sp³-hybridized carbons (Fsp3) is 0.0833. The van der Waals surface area contributed by atoms with Crippen molar-refractivity contribution >= 4 is 56.8 Å². The van der Waals surface area contributed by atoms with Crippen molar-refractivity contribution in [1.82, 2.24) is 0 Å². The van der Waals surface area contributed by atoms with E-state index in [0.717, 1.165) is 5.56 Å². The van der Waals surface area contributed by atoms with Gasteiger partial charge in [-0.2, -0.15) is 5.26 Å². The number of benzene rings is 3. The molecule has 0 unspecified atom stereocenters. The number of carbonyl (C=O) groups is 1. The number of hydrogen-bond donors (Lipinski definition) is 1. The standard InChI is InChI=1S/C24H17BrCl2N2O3/c1-31-22-12-16(10-17(13-28)24(30)29-20-8-6-19(27)7-9-20)11-21(25)23(22)32-14-15-2-4-18(26)5-3-15/h2-12H,14H2,1H3,(H,29,30)/b17-10-. The number of rotatable bonds is 7. The number of methoxy groups -OCH3 is 1. The molecule has 3 aromatic carbocycles. The normalized spacial score (nSPS) is 10.9. The first-order valence-electron chi connectivity index (χ1n) is 9.33. The molecule has 32 heavy (non-hydrogen) atoms. The molecule has 0 spiro atoms. The summed E-state index contributed by atoms with van der Waals surface area (Å²) in [6.07, 6.45) is 1.47. The largest absolute Gasteiger partial charge is 0.493 e. The van der Waals surface area contributed by atoms with Gasteiger partial charge in [0.05, 0.1) is 11.6 Å². The number of nitriles is 1. The summed E-state index contributed by atoms with van der Waals surface area (Å²) in [6.45, 7) is 0.314. The van der Waals surface area contributed by atoms with Crippen molar-refractivity contribution in [3.05, 3.63) is 91.9 Å². The predicted molar refractivity (Wildman–Crippen MR) is 130 cm³/mol. The predicted octanol–water partition coefficient (Wildman–Crippen LogP) is 6.89. The maximum Gasteiger partial charge on any atom is 0.266 e. The third-order valence-corrected chi connectivity index (χ3v) is 5.42. The van der Waals surface area contributed by atoms with Crippen molar-refractivity contribution in [3.8, 4) is 17.6 Å². The fourth-order valence-electron chi connectivity index (χ4n) is 2.75. The Hall–Kier alpha value is -2.98. The Bertz CT molecular complexity index is 1190. The quantitative estimate of drug-likeness (QED) is 0.266. The van der Waals surface area contributed by atoms with Gasteiger partial charge in [0.15, 0.2) is 11.5 Å². The van der Waals surface area contributed by atoms with Gasteiger partial charge < -0.3 is 14.8 Å². The summed E-state index contributed by atoms with van der Waals surface area (Å²) >= 11 is 15.3. The minimum absolute atomic E-state index is 0.0660. The molecule has 0 radical (unpaired) electrons. The Morgan fingerprint density at radius 3 is 2.31 bits per heavy atom. The lowest BCUT2D eigenvalue weighted by atomic mass is 10.1. The van der Waals surface area contributed by atoms with Gasteiger partial charge in [-0.3, -0.25) is 4.79 Å². The number of hydrogen-bond acceptors (Lipinski definition) is 4. The molecule has 0 aliphatic heterocycles. The van der Waals surface area contributed by atoms with Crippen molar-refractivity contribution in [2.24, 2.45) is 0 Å². The van der Waals surface area contributed by atoms with Gasteiger partial charge in [-0.15, -0.1) is 0 Å². The van der Waals surface area contributed by atoms with E-state index in [2.05, 4.69) is 21.2 Å². The van der Waals surface area contributed by atoms with E-state index in [9.17, 15) is 10.1 Å². The van der Waals surface area contributed by atoms with Crippen LogP contribution >= 0.6 is 39.1 Å². The Balaban J connectivity index is 1.80. The summed E-state index contributed by atoms with van der Waals surface area (Å²) in [6, 6.07) is 19.3. The molecule has 1 N–H and O–H groups in total. The SMILES string of the molecule is COc1cc(/C=C(/C#N)C(=O)Nc2ccc(Cl)cc2)cc(Br)c1OCc1ccc(Cl)cc1. The van der Waals surface area contributed by atoms with Crippen LogP contribution in [-0.4, -0.2) is 13.0 Å². The third kappa shape index (κ3) is 6.27. The first-order valence-corrected chi connectivity index (χ1v) is 10.9. The van der Waals surface area contributed by atoms with E-state index in [1.54, 1.807) is 48.5 Å². The van der Waals surface area contributed by atoms with Crippen molar-refractivity contribution in [2.45, 2.75) is 6.61 Å². The third-order valence-electron chi connectivity index (χ3n) is 4.33. The van der Waals surface area contributed by atoms with Gasteiger partial charge in [0.25, 0.3) is 5.91 Å². The van der Waals surface area contributed by atoms with Crippen molar-refractivity contribution in [1.29, 1.82) is 5.26 Å². The summed E-state index contributed by atoms with van der Waals surface area (Å²) in [4.78, 5) is 12.5. The highest BCUT2D eigenvalue weighted by Gasteiger charge is 2.14. The molecule has 0 aromatic heterocycles. The highest BCUT2D eigenvalue weighted by atomic mass is 79.9. The molecule has 3 aromatic rings. The Morgan fingerprint density at radius 2 is 1.72 bits per heavy atom. The molecular formula is C24H17BrCl2N2O3. The Labute approximate surface area is 204 Å². The van der Waals surface area contributed by atoms with Gasteiger partial charge in [-0.1, -0.05) is 35.3 Å². The molecule has 0 saturated heterocycles. The van der Waals surface area contributed by atoms with E-state index in [-0.39, 0.29) is 5.57 Å². The minimum atomic E-state index is -0.534. The van der Waals surface area contributed by atoms with E-state index in [1.807, 2.05) is 18.2 Å². The summed E-state index contributed by atoms with van der Waals surface area (Å²) in [5, 5.41) is 13.4. The van der Waals surface area contributed by atoms with Crippen LogP contribution in [0, 0.1) is 11.3 Å². The molecule has 0 atom stereocenters. The zero-order chi connectivity index (χ0) is 23.1. The van der Waals surface area contributed by atoms with Crippen molar-refractivity contribution in [2.75, 3.05) is 12.4 Å². The maximum absolute atomic E-state index is 12.5. The summed E-state index contributed by atoms with van der Waals surface area (Å²) in [7, 11) is 1.52. The van der Waals surface area contributed by atoms with Crippen LogP contribution in [0.3, 0.4) is 0 Å². The van der Waals surface area contributed by atoms with Crippen LogP contribution in [0.1, 0.15) is 11.1 Å². The van der Waals surface area contributed by atoms with E-state index < -0.39 is 5.91 Å². The molecule has 162 valence electrons. The minimum Gasteiger partial charge on any atom is -0.493 e. The summed E-state index contributed by atoms with van der Waals surface area (Å²) in [5.41, 5.74) is 2.00. The molecule has 0 aliphatic rings. The Morgan fingerprint density at radius 1 is 1.09 bits per heavy atom. The molecule has 0 aliphatic carbocycles. The number of nitrogens with zero attached hydrogens (tertiary/aromatic N) is 1. The maximum atomic E-state index is 12.5. The van der Waals surface area contributed by atoms with Gasteiger partial charge in [0, 0.05) is 15.7 Å². The van der Waals surface area contributed by atoms with Crippen LogP contribution in [-0.2, 0) is 11.4 Å². The zero-order valence-electron chi connectivity index (χ0n) is 16.9. The lowest BCUT2D eigenvalue weighted by Crippen LogP contribution is -2.13. The lowest BCUT2D eigenvalue weighted by molar-refractivity contribution is -0.112. The van der Waals surface area contributed by atoms with Gasteiger partial charge in [-0.25, -0.2) is 0 Å². The van der Waals surface area contributed by atoms with Crippen LogP contribution in [0.5, 0.6) is 11.5 Å². The second kappa shape index (κ2) is 11.1. The van der Waals surface area contributed by atoms with Gasteiger partial charge in [0.1, 0.15) is 18.2 Å². The number of nitrogens with one attached hydrogen (secondary N) is 1. The summed E-state index contributed by atoms with van der Waals surface area (Å²) < 4.78 is 12.0. The number of ether oxygens (including phenoxy) is 2. The average molecular weight is 532 g/mol. The smallest absolute Gasteiger partial charge is 0.266 e. The molecule has 5 nitrogen and oxygen atoms in total.